The molecule has 0 saturated heterocycles. The maximum atomic E-state index is 12.0. The molecule has 0 saturated carbocycles. The van der Waals surface area contributed by atoms with Gasteiger partial charge in [0.2, 0.25) is 0 Å². The summed E-state index contributed by atoms with van der Waals surface area (Å²) in [7, 11) is 1.93. The van der Waals surface area contributed by atoms with Crippen molar-refractivity contribution in [2.24, 2.45) is 13.0 Å². The Labute approximate surface area is 110 Å². The molecule has 1 N–H and O–H groups in total. The summed E-state index contributed by atoms with van der Waals surface area (Å²) in [5.74, 6) is 1.03. The van der Waals surface area contributed by atoms with Gasteiger partial charge in [-0.2, -0.15) is 0 Å². The number of carbonyl (C=O) groups is 1. The fourth-order valence-corrected chi connectivity index (χ4v) is 2.27. The molecular formula is C12H16N4OS. The van der Waals surface area contributed by atoms with Crippen molar-refractivity contribution in [2.45, 2.75) is 19.9 Å². The Morgan fingerprint density at radius 3 is 2.78 bits per heavy atom. The third-order valence-corrected chi connectivity index (χ3v) is 3.52. The molecule has 0 spiro atoms. The van der Waals surface area contributed by atoms with Crippen LogP contribution in [0.1, 0.15) is 35.4 Å². The van der Waals surface area contributed by atoms with E-state index in [0.717, 1.165) is 5.82 Å². The molecule has 0 bridgehead atoms. The zero-order valence-electron chi connectivity index (χ0n) is 10.6. The average Bonchev–Trinajstić information content (AvgIpc) is 2.96. The van der Waals surface area contributed by atoms with Crippen LogP contribution in [0.3, 0.4) is 0 Å². The van der Waals surface area contributed by atoms with Crippen molar-refractivity contribution in [3.8, 4) is 0 Å². The highest BCUT2D eigenvalue weighted by atomic mass is 32.1. The number of aromatic nitrogens is 3. The molecule has 0 fully saturated rings. The van der Waals surface area contributed by atoms with Crippen LogP contribution in [0, 0.1) is 5.92 Å². The number of hydrogen-bond acceptors (Lipinski definition) is 4. The number of amides is 1. The third kappa shape index (κ3) is 2.59. The second kappa shape index (κ2) is 5.30. The molecule has 96 valence electrons. The van der Waals surface area contributed by atoms with Crippen LogP contribution in [-0.2, 0) is 7.05 Å². The van der Waals surface area contributed by atoms with Crippen molar-refractivity contribution in [3.63, 3.8) is 0 Å². The molecule has 2 heterocycles. The number of hydrogen-bond donors (Lipinski definition) is 1. The van der Waals surface area contributed by atoms with Crippen LogP contribution in [0.25, 0.3) is 0 Å². The fraction of sp³-hybridized carbons (Fsp3) is 0.417. The first kappa shape index (κ1) is 12.8. The maximum absolute atomic E-state index is 12.0. The first-order chi connectivity index (χ1) is 8.59. The van der Waals surface area contributed by atoms with Gasteiger partial charge in [0, 0.05) is 19.4 Å². The van der Waals surface area contributed by atoms with Crippen molar-refractivity contribution in [2.75, 3.05) is 0 Å². The summed E-state index contributed by atoms with van der Waals surface area (Å²) in [5, 5.41) is 3.01. The minimum Gasteiger partial charge on any atom is -0.341 e. The summed E-state index contributed by atoms with van der Waals surface area (Å²) in [6.45, 7) is 4.12. The summed E-state index contributed by atoms with van der Waals surface area (Å²) in [5.41, 5.74) is 1.65. The fourth-order valence-electron chi connectivity index (χ4n) is 1.75. The Bertz CT molecular complexity index is 518. The highest BCUT2D eigenvalue weighted by Gasteiger charge is 2.22. The molecule has 1 atom stereocenters. The first-order valence-corrected chi connectivity index (χ1v) is 6.64. The molecule has 18 heavy (non-hydrogen) atoms. The molecule has 0 radical (unpaired) electrons. The molecule has 0 unspecified atom stereocenters. The quantitative estimate of drug-likeness (QED) is 0.919. The van der Waals surface area contributed by atoms with E-state index >= 15 is 0 Å². The molecular weight excluding hydrogens is 248 g/mol. The third-order valence-electron chi connectivity index (χ3n) is 2.75. The van der Waals surface area contributed by atoms with Crippen molar-refractivity contribution >= 4 is 17.2 Å². The van der Waals surface area contributed by atoms with E-state index in [4.69, 9.17) is 0 Å². The van der Waals surface area contributed by atoms with Crippen LogP contribution in [0.4, 0.5) is 0 Å². The van der Waals surface area contributed by atoms with Crippen LogP contribution < -0.4 is 5.32 Å². The SMILES string of the molecule is CC(C)[C@H](NC(=O)c1cncs1)c1nccn1C. The Morgan fingerprint density at radius 1 is 1.50 bits per heavy atom. The summed E-state index contributed by atoms with van der Waals surface area (Å²) < 4.78 is 1.93. The molecule has 2 rings (SSSR count). The van der Waals surface area contributed by atoms with E-state index in [-0.39, 0.29) is 17.9 Å². The highest BCUT2D eigenvalue weighted by Crippen LogP contribution is 2.20. The van der Waals surface area contributed by atoms with Crippen molar-refractivity contribution in [1.29, 1.82) is 0 Å². The lowest BCUT2D eigenvalue weighted by atomic mass is 10.0. The monoisotopic (exact) mass is 264 g/mol. The molecule has 0 aromatic carbocycles. The van der Waals surface area contributed by atoms with Gasteiger partial charge in [0.15, 0.2) is 0 Å². The smallest absolute Gasteiger partial charge is 0.263 e. The standard InChI is InChI=1S/C12H16N4OS/c1-8(2)10(11-14-4-5-16(11)3)15-12(17)9-6-13-7-18-9/h4-8,10H,1-3H3,(H,15,17)/t10-/m0/s1. The van der Waals surface area contributed by atoms with Crippen LogP contribution in [0.2, 0.25) is 0 Å². The number of imidazole rings is 1. The van der Waals surface area contributed by atoms with Gasteiger partial charge < -0.3 is 9.88 Å². The highest BCUT2D eigenvalue weighted by molar-refractivity contribution is 7.11. The van der Waals surface area contributed by atoms with Gasteiger partial charge in [0.05, 0.1) is 17.7 Å². The molecule has 5 nitrogen and oxygen atoms in total. The zero-order valence-corrected chi connectivity index (χ0v) is 11.4. The number of carbonyl (C=O) groups excluding carboxylic acids is 1. The van der Waals surface area contributed by atoms with Crippen LogP contribution in [0.5, 0.6) is 0 Å². The summed E-state index contributed by atoms with van der Waals surface area (Å²) >= 11 is 1.34. The normalized spacial score (nSPS) is 12.7. The van der Waals surface area contributed by atoms with Gasteiger partial charge in [-0.15, -0.1) is 11.3 Å². The Kier molecular flexibility index (Phi) is 3.76. The Hall–Kier alpha value is -1.69. The summed E-state index contributed by atoms with van der Waals surface area (Å²) in [6, 6.07) is -0.0976. The molecule has 2 aromatic heterocycles. The van der Waals surface area contributed by atoms with E-state index in [1.807, 2.05) is 17.8 Å². The largest absolute Gasteiger partial charge is 0.341 e. The van der Waals surface area contributed by atoms with Crippen molar-refractivity contribution < 1.29 is 4.79 Å². The van der Waals surface area contributed by atoms with Gasteiger partial charge in [-0.25, -0.2) is 4.98 Å². The molecule has 6 heteroatoms. The second-order valence-corrected chi connectivity index (χ2v) is 5.34. The minimum absolute atomic E-state index is 0.0976. The van der Waals surface area contributed by atoms with E-state index in [1.54, 1.807) is 17.9 Å². The van der Waals surface area contributed by atoms with E-state index in [9.17, 15) is 4.79 Å². The van der Waals surface area contributed by atoms with Crippen LogP contribution in [0.15, 0.2) is 24.1 Å². The number of thiazole rings is 1. The topological polar surface area (TPSA) is 59.8 Å². The maximum Gasteiger partial charge on any atom is 0.263 e. The number of aryl methyl sites for hydroxylation is 1. The van der Waals surface area contributed by atoms with E-state index in [2.05, 4.69) is 29.1 Å². The molecule has 0 aliphatic rings. The van der Waals surface area contributed by atoms with Crippen molar-refractivity contribution in [3.05, 3.63) is 34.8 Å². The Balaban J connectivity index is 2.18. The van der Waals surface area contributed by atoms with Gasteiger partial charge in [0.25, 0.3) is 5.91 Å². The molecule has 2 aromatic rings. The van der Waals surface area contributed by atoms with E-state index in [1.165, 1.54) is 11.3 Å². The minimum atomic E-state index is -0.0980. The number of nitrogens with one attached hydrogen (secondary N) is 1. The predicted molar refractivity (Wildman–Crippen MR) is 70.4 cm³/mol. The second-order valence-electron chi connectivity index (χ2n) is 4.46. The van der Waals surface area contributed by atoms with E-state index in [0.29, 0.717) is 4.88 Å². The van der Waals surface area contributed by atoms with Crippen LogP contribution in [-0.4, -0.2) is 20.4 Å². The molecule has 0 aliphatic heterocycles. The van der Waals surface area contributed by atoms with Gasteiger partial charge in [-0.1, -0.05) is 13.8 Å². The number of rotatable bonds is 4. The molecule has 1 amide bonds. The Morgan fingerprint density at radius 2 is 2.28 bits per heavy atom. The van der Waals surface area contributed by atoms with Gasteiger partial charge in [-0.3, -0.25) is 9.78 Å². The number of nitrogens with zero attached hydrogens (tertiary/aromatic N) is 3. The van der Waals surface area contributed by atoms with Gasteiger partial charge >= 0.3 is 0 Å². The average molecular weight is 264 g/mol. The predicted octanol–water partition coefficient (Wildman–Crippen LogP) is 2.00. The summed E-state index contributed by atoms with van der Waals surface area (Å²) in [4.78, 5) is 20.9. The lowest BCUT2D eigenvalue weighted by Gasteiger charge is -2.21. The molecule has 0 aliphatic carbocycles. The van der Waals surface area contributed by atoms with Gasteiger partial charge in [-0.05, 0) is 5.92 Å². The lowest BCUT2D eigenvalue weighted by Crippen LogP contribution is -2.33. The first-order valence-electron chi connectivity index (χ1n) is 5.76. The van der Waals surface area contributed by atoms with Crippen LogP contribution >= 0.6 is 11.3 Å². The lowest BCUT2D eigenvalue weighted by molar-refractivity contribution is 0.0926. The van der Waals surface area contributed by atoms with E-state index < -0.39 is 0 Å². The summed E-state index contributed by atoms with van der Waals surface area (Å²) in [6.07, 6.45) is 5.20. The van der Waals surface area contributed by atoms with Gasteiger partial charge in [0.1, 0.15) is 10.7 Å². The zero-order chi connectivity index (χ0) is 13.1. The van der Waals surface area contributed by atoms with Crippen molar-refractivity contribution in [1.82, 2.24) is 19.9 Å².